The number of aromatic amines is 1. The largest absolute Gasteiger partial charge is 0.351 e. The van der Waals surface area contributed by atoms with E-state index >= 15 is 0 Å². The first-order valence-electron chi connectivity index (χ1n) is 6.51. The zero-order valence-corrected chi connectivity index (χ0v) is 13.3. The topological polar surface area (TPSA) is 105 Å². The molecule has 0 saturated heterocycles. The number of nitrogens with one attached hydrogen (secondary N) is 2. The Morgan fingerprint density at radius 1 is 1.26 bits per heavy atom. The van der Waals surface area contributed by atoms with Gasteiger partial charge in [0.1, 0.15) is 15.7 Å². The van der Waals surface area contributed by atoms with E-state index in [9.17, 15) is 17.6 Å². The number of thiophene rings is 1. The average Bonchev–Trinajstić information content (AvgIpc) is 3.10. The fraction of sp³-hybridized carbons (Fsp3) is 0.0714. The van der Waals surface area contributed by atoms with Crippen LogP contribution in [0.15, 0.2) is 40.6 Å². The Kier molecular flexibility index (Phi) is 3.92. The van der Waals surface area contributed by atoms with E-state index in [2.05, 4.69) is 10.3 Å². The number of carbonyl (C=O) groups excluding carboxylic acids is 1. The van der Waals surface area contributed by atoms with Gasteiger partial charge < -0.3 is 10.3 Å². The highest BCUT2D eigenvalue weighted by Gasteiger charge is 2.13. The van der Waals surface area contributed by atoms with Gasteiger partial charge >= 0.3 is 0 Å². The van der Waals surface area contributed by atoms with Crippen LogP contribution in [0.5, 0.6) is 0 Å². The maximum atomic E-state index is 13.1. The highest BCUT2D eigenvalue weighted by atomic mass is 32.2. The minimum absolute atomic E-state index is 0.0443. The fourth-order valence-corrected chi connectivity index (χ4v) is 3.81. The second-order valence-corrected chi connectivity index (χ2v) is 7.82. The number of aromatic nitrogens is 1. The minimum atomic E-state index is -3.73. The van der Waals surface area contributed by atoms with Gasteiger partial charge in [-0.05, 0) is 36.4 Å². The van der Waals surface area contributed by atoms with Gasteiger partial charge in [-0.3, -0.25) is 4.79 Å². The number of fused-ring (bicyclic) bond motifs is 1. The Labute approximate surface area is 135 Å². The van der Waals surface area contributed by atoms with Gasteiger partial charge in [0.05, 0.1) is 6.54 Å². The van der Waals surface area contributed by atoms with Crippen LogP contribution in [0.3, 0.4) is 0 Å². The number of primary sulfonamides is 1. The van der Waals surface area contributed by atoms with Crippen molar-refractivity contribution in [1.82, 2.24) is 10.3 Å². The van der Waals surface area contributed by atoms with Crippen LogP contribution in [0.25, 0.3) is 10.9 Å². The molecule has 6 nitrogen and oxygen atoms in total. The summed E-state index contributed by atoms with van der Waals surface area (Å²) in [5.41, 5.74) is 0.956. The first-order valence-corrected chi connectivity index (χ1v) is 8.87. The van der Waals surface area contributed by atoms with Crippen molar-refractivity contribution < 1.29 is 17.6 Å². The third-order valence-electron chi connectivity index (χ3n) is 3.17. The van der Waals surface area contributed by atoms with Gasteiger partial charge in [0.15, 0.2) is 0 Å². The number of benzene rings is 1. The monoisotopic (exact) mass is 353 g/mol. The normalized spacial score (nSPS) is 11.7. The van der Waals surface area contributed by atoms with E-state index in [0.717, 1.165) is 11.3 Å². The van der Waals surface area contributed by atoms with Gasteiger partial charge in [-0.2, -0.15) is 0 Å². The van der Waals surface area contributed by atoms with Crippen molar-refractivity contribution in [2.24, 2.45) is 5.14 Å². The zero-order valence-electron chi connectivity index (χ0n) is 11.7. The molecule has 1 aromatic carbocycles. The molecular formula is C14H12FN3O3S2. The molecule has 0 aliphatic rings. The molecule has 3 aromatic rings. The molecule has 0 atom stereocenters. The number of carbonyl (C=O) groups is 1. The summed E-state index contributed by atoms with van der Waals surface area (Å²) in [5.74, 6) is -0.746. The first-order chi connectivity index (χ1) is 10.8. The van der Waals surface area contributed by atoms with Crippen LogP contribution in [-0.4, -0.2) is 19.3 Å². The summed E-state index contributed by atoms with van der Waals surface area (Å²) in [6.07, 6.45) is 0. The van der Waals surface area contributed by atoms with E-state index in [-0.39, 0.29) is 22.5 Å². The van der Waals surface area contributed by atoms with Gasteiger partial charge in [0.2, 0.25) is 10.0 Å². The highest BCUT2D eigenvalue weighted by Crippen LogP contribution is 2.20. The molecule has 9 heteroatoms. The number of rotatable bonds is 4. The Hall–Kier alpha value is -2.23. The van der Waals surface area contributed by atoms with Crippen LogP contribution < -0.4 is 10.5 Å². The first kappa shape index (κ1) is 15.7. The quantitative estimate of drug-likeness (QED) is 0.667. The van der Waals surface area contributed by atoms with Crippen LogP contribution in [-0.2, 0) is 16.6 Å². The summed E-state index contributed by atoms with van der Waals surface area (Å²) in [7, 11) is -3.73. The van der Waals surface area contributed by atoms with Crippen molar-refractivity contribution in [3.8, 4) is 0 Å². The van der Waals surface area contributed by atoms with E-state index in [1.165, 1.54) is 18.2 Å². The molecule has 0 spiro atoms. The lowest BCUT2D eigenvalue weighted by Crippen LogP contribution is -2.22. The van der Waals surface area contributed by atoms with Gasteiger partial charge in [-0.25, -0.2) is 17.9 Å². The van der Waals surface area contributed by atoms with Crippen LogP contribution in [0.4, 0.5) is 4.39 Å². The average molecular weight is 353 g/mol. The molecule has 2 heterocycles. The number of hydrogen-bond donors (Lipinski definition) is 3. The van der Waals surface area contributed by atoms with E-state index in [1.54, 1.807) is 18.2 Å². The zero-order chi connectivity index (χ0) is 16.6. The Morgan fingerprint density at radius 2 is 2.04 bits per heavy atom. The lowest BCUT2D eigenvalue weighted by Gasteiger charge is -2.01. The SMILES string of the molecule is NS(=O)(=O)c1ccc(CNC(=O)c2cc3cc(F)ccc3[nH]2)s1. The summed E-state index contributed by atoms with van der Waals surface area (Å²) in [4.78, 5) is 15.7. The van der Waals surface area contributed by atoms with E-state index in [0.29, 0.717) is 21.5 Å². The predicted molar refractivity (Wildman–Crippen MR) is 85.1 cm³/mol. The van der Waals surface area contributed by atoms with Gasteiger partial charge in [-0.15, -0.1) is 11.3 Å². The molecule has 120 valence electrons. The molecule has 0 fully saturated rings. The molecule has 23 heavy (non-hydrogen) atoms. The van der Waals surface area contributed by atoms with Crippen LogP contribution in [0.1, 0.15) is 15.4 Å². The van der Waals surface area contributed by atoms with Crippen molar-refractivity contribution in [2.75, 3.05) is 0 Å². The summed E-state index contributed by atoms with van der Waals surface area (Å²) in [6, 6.07) is 8.73. The number of amides is 1. The molecule has 2 aromatic heterocycles. The van der Waals surface area contributed by atoms with E-state index in [1.807, 2.05) is 0 Å². The van der Waals surface area contributed by atoms with Crippen LogP contribution >= 0.6 is 11.3 Å². The molecule has 1 amide bonds. The highest BCUT2D eigenvalue weighted by molar-refractivity contribution is 7.91. The molecule has 0 aliphatic heterocycles. The van der Waals surface area contributed by atoms with Crippen LogP contribution in [0.2, 0.25) is 0 Å². The molecule has 0 unspecified atom stereocenters. The maximum Gasteiger partial charge on any atom is 0.268 e. The fourth-order valence-electron chi connectivity index (χ4n) is 2.09. The summed E-state index contributed by atoms with van der Waals surface area (Å²) in [6.45, 7) is 0.169. The standard InChI is InChI=1S/C14H12FN3O3S2/c15-9-1-3-11-8(5-9)6-12(18-11)14(19)17-7-10-2-4-13(22-10)23(16,20)21/h1-6,18H,7H2,(H,17,19)(H2,16,20,21). The molecule has 0 aliphatic carbocycles. The predicted octanol–water partition coefficient (Wildman–Crippen LogP) is 1.95. The third kappa shape index (κ3) is 3.41. The minimum Gasteiger partial charge on any atom is -0.351 e. The van der Waals surface area contributed by atoms with Crippen molar-refractivity contribution >= 4 is 38.2 Å². The molecule has 0 saturated carbocycles. The second-order valence-electron chi connectivity index (χ2n) is 4.86. The smallest absolute Gasteiger partial charge is 0.268 e. The molecule has 0 bridgehead atoms. The lowest BCUT2D eigenvalue weighted by atomic mass is 10.2. The Balaban J connectivity index is 1.72. The summed E-state index contributed by atoms with van der Waals surface area (Å²) >= 11 is 0.997. The van der Waals surface area contributed by atoms with Crippen molar-refractivity contribution in [1.29, 1.82) is 0 Å². The Morgan fingerprint density at radius 3 is 2.74 bits per heavy atom. The molecule has 3 rings (SSSR count). The van der Waals surface area contributed by atoms with E-state index in [4.69, 9.17) is 5.14 Å². The maximum absolute atomic E-state index is 13.1. The van der Waals surface area contributed by atoms with Gasteiger partial charge in [0.25, 0.3) is 5.91 Å². The number of sulfonamides is 1. The molecule has 0 radical (unpaired) electrons. The second kappa shape index (κ2) is 5.76. The van der Waals surface area contributed by atoms with Gasteiger partial charge in [0, 0.05) is 15.8 Å². The number of hydrogen-bond acceptors (Lipinski definition) is 4. The van der Waals surface area contributed by atoms with Gasteiger partial charge in [-0.1, -0.05) is 0 Å². The van der Waals surface area contributed by atoms with E-state index < -0.39 is 10.0 Å². The van der Waals surface area contributed by atoms with Crippen LogP contribution in [0, 0.1) is 5.82 Å². The van der Waals surface area contributed by atoms with Crippen molar-refractivity contribution in [3.63, 3.8) is 0 Å². The number of H-pyrrole nitrogens is 1. The third-order valence-corrected chi connectivity index (χ3v) is 5.69. The summed E-state index contributed by atoms with van der Waals surface area (Å²) < 4.78 is 35.6. The van der Waals surface area contributed by atoms with Crippen molar-refractivity contribution in [2.45, 2.75) is 10.8 Å². The summed E-state index contributed by atoms with van der Waals surface area (Å²) in [5, 5.41) is 8.30. The lowest BCUT2D eigenvalue weighted by molar-refractivity contribution is 0.0947. The number of halogens is 1. The molecular weight excluding hydrogens is 341 g/mol. The van der Waals surface area contributed by atoms with Crippen molar-refractivity contribution in [3.05, 3.63) is 52.8 Å². The Bertz CT molecular complexity index is 992. The number of nitrogens with two attached hydrogens (primary N) is 1. The molecule has 4 N–H and O–H groups in total.